The van der Waals surface area contributed by atoms with Crippen LogP contribution in [0.1, 0.15) is 18.4 Å². The summed E-state index contributed by atoms with van der Waals surface area (Å²) in [7, 11) is 0. The topological polar surface area (TPSA) is 46.3 Å². The minimum Gasteiger partial charge on any atom is -0.339 e. The number of amides is 1. The van der Waals surface area contributed by atoms with Gasteiger partial charge in [-0.3, -0.25) is 4.79 Å². The number of nitrogens with two attached hydrogens (primary N) is 1. The molecule has 1 saturated heterocycles. The van der Waals surface area contributed by atoms with E-state index >= 15 is 0 Å². The zero-order chi connectivity index (χ0) is 14.5. The van der Waals surface area contributed by atoms with Gasteiger partial charge in [0.05, 0.1) is 10.0 Å². The van der Waals surface area contributed by atoms with Crippen LogP contribution in [0.15, 0.2) is 24.3 Å². The Bertz CT molecular complexity index is 512. The van der Waals surface area contributed by atoms with Crippen LogP contribution in [-0.4, -0.2) is 30.4 Å². The molecule has 0 aromatic heterocycles. The highest BCUT2D eigenvalue weighted by molar-refractivity contribution is 6.42. The fourth-order valence-corrected chi connectivity index (χ4v) is 2.68. The Morgan fingerprint density at radius 3 is 2.62 bits per heavy atom. The molecule has 0 spiro atoms. The molecule has 0 saturated carbocycles. The molecular formula is C15H19Cl3N2O. The maximum atomic E-state index is 12.1. The van der Waals surface area contributed by atoms with Gasteiger partial charge in [-0.1, -0.05) is 35.3 Å². The molecule has 0 radical (unpaired) electrons. The van der Waals surface area contributed by atoms with Gasteiger partial charge in [0.1, 0.15) is 0 Å². The monoisotopic (exact) mass is 348 g/mol. The van der Waals surface area contributed by atoms with Crippen molar-refractivity contribution < 1.29 is 4.79 Å². The highest BCUT2D eigenvalue weighted by atomic mass is 35.5. The van der Waals surface area contributed by atoms with Crippen LogP contribution in [0, 0.1) is 5.92 Å². The fourth-order valence-electron chi connectivity index (χ4n) is 2.30. The summed E-state index contributed by atoms with van der Waals surface area (Å²) in [5.41, 5.74) is 6.40. The zero-order valence-corrected chi connectivity index (χ0v) is 13.9. The Morgan fingerprint density at radius 1 is 1.33 bits per heavy atom. The zero-order valence-electron chi connectivity index (χ0n) is 11.6. The van der Waals surface area contributed by atoms with E-state index in [9.17, 15) is 4.79 Å². The summed E-state index contributed by atoms with van der Waals surface area (Å²) in [6.07, 6.45) is 5.23. The van der Waals surface area contributed by atoms with Gasteiger partial charge in [0.25, 0.3) is 0 Å². The predicted octanol–water partition coefficient (Wildman–Crippen LogP) is 3.63. The van der Waals surface area contributed by atoms with Crippen molar-refractivity contribution in [2.45, 2.75) is 12.8 Å². The molecule has 1 heterocycles. The van der Waals surface area contributed by atoms with Gasteiger partial charge in [-0.15, -0.1) is 12.4 Å². The first kappa shape index (κ1) is 18.3. The van der Waals surface area contributed by atoms with E-state index in [1.54, 1.807) is 18.2 Å². The first-order valence-corrected chi connectivity index (χ1v) is 7.48. The van der Waals surface area contributed by atoms with Crippen molar-refractivity contribution in [2.24, 2.45) is 11.7 Å². The summed E-state index contributed by atoms with van der Waals surface area (Å²) in [5.74, 6) is 0.557. The van der Waals surface area contributed by atoms with Crippen LogP contribution in [0.4, 0.5) is 0 Å². The molecule has 21 heavy (non-hydrogen) atoms. The summed E-state index contributed by atoms with van der Waals surface area (Å²) in [4.78, 5) is 13.9. The first-order valence-electron chi connectivity index (χ1n) is 6.73. The Balaban J connectivity index is 0.00000220. The van der Waals surface area contributed by atoms with Gasteiger partial charge in [0.15, 0.2) is 0 Å². The van der Waals surface area contributed by atoms with E-state index < -0.39 is 0 Å². The third-order valence-corrected chi connectivity index (χ3v) is 4.48. The number of carbonyl (C=O) groups excluding carboxylic acids is 1. The third kappa shape index (κ3) is 4.89. The van der Waals surface area contributed by atoms with Gasteiger partial charge in [-0.2, -0.15) is 0 Å². The van der Waals surface area contributed by atoms with E-state index in [0.29, 0.717) is 22.5 Å². The largest absolute Gasteiger partial charge is 0.339 e. The Hall–Kier alpha value is -0.740. The van der Waals surface area contributed by atoms with E-state index in [1.165, 1.54) is 0 Å². The van der Waals surface area contributed by atoms with Gasteiger partial charge < -0.3 is 10.6 Å². The van der Waals surface area contributed by atoms with Crippen molar-refractivity contribution in [1.82, 2.24) is 4.90 Å². The molecular weight excluding hydrogens is 331 g/mol. The van der Waals surface area contributed by atoms with E-state index in [-0.39, 0.29) is 18.3 Å². The summed E-state index contributed by atoms with van der Waals surface area (Å²) in [6.45, 7) is 2.25. The first-order chi connectivity index (χ1) is 9.61. The Labute approximate surface area is 141 Å². The number of piperidine rings is 1. The number of nitrogens with zero attached hydrogens (tertiary/aromatic N) is 1. The van der Waals surface area contributed by atoms with Crippen molar-refractivity contribution in [3.8, 4) is 0 Å². The van der Waals surface area contributed by atoms with Gasteiger partial charge >= 0.3 is 0 Å². The molecule has 0 aliphatic carbocycles. The number of carbonyl (C=O) groups is 1. The Morgan fingerprint density at radius 2 is 2.00 bits per heavy atom. The lowest BCUT2D eigenvalue weighted by atomic mass is 9.97. The molecule has 1 aromatic carbocycles. The number of rotatable bonds is 3. The van der Waals surface area contributed by atoms with Crippen LogP contribution in [-0.2, 0) is 4.79 Å². The van der Waals surface area contributed by atoms with Crippen LogP contribution in [0.2, 0.25) is 10.0 Å². The second kappa shape index (κ2) is 8.64. The number of hydrogen-bond acceptors (Lipinski definition) is 2. The third-order valence-electron chi connectivity index (χ3n) is 3.65. The molecule has 2 rings (SSSR count). The highest BCUT2D eigenvalue weighted by Crippen LogP contribution is 2.26. The lowest BCUT2D eigenvalue weighted by Gasteiger charge is -2.30. The lowest BCUT2D eigenvalue weighted by Crippen LogP contribution is -2.39. The minimum atomic E-state index is 0. The lowest BCUT2D eigenvalue weighted by molar-refractivity contribution is -0.127. The molecule has 0 atom stereocenters. The van der Waals surface area contributed by atoms with Gasteiger partial charge in [0.2, 0.25) is 5.91 Å². The average molecular weight is 350 g/mol. The van der Waals surface area contributed by atoms with Crippen molar-refractivity contribution in [1.29, 1.82) is 0 Å². The van der Waals surface area contributed by atoms with E-state index in [0.717, 1.165) is 31.5 Å². The predicted molar refractivity (Wildman–Crippen MR) is 91.1 cm³/mol. The smallest absolute Gasteiger partial charge is 0.246 e. The SMILES string of the molecule is Cl.NCC1CCN(C(=O)C=Cc2cccc(Cl)c2Cl)CC1. The summed E-state index contributed by atoms with van der Waals surface area (Å²) in [5, 5.41) is 0.963. The summed E-state index contributed by atoms with van der Waals surface area (Å²) in [6, 6.07) is 5.37. The van der Waals surface area contributed by atoms with Gasteiger partial charge in [-0.25, -0.2) is 0 Å². The molecule has 1 amide bonds. The molecule has 1 aromatic rings. The second-order valence-electron chi connectivity index (χ2n) is 4.98. The van der Waals surface area contributed by atoms with Crippen LogP contribution in [0.25, 0.3) is 6.08 Å². The van der Waals surface area contributed by atoms with Gasteiger partial charge in [0, 0.05) is 19.2 Å². The molecule has 116 valence electrons. The number of hydrogen-bond donors (Lipinski definition) is 1. The summed E-state index contributed by atoms with van der Waals surface area (Å²) < 4.78 is 0. The maximum absolute atomic E-state index is 12.1. The Kier molecular flexibility index (Phi) is 7.53. The number of benzene rings is 1. The molecule has 1 aliphatic heterocycles. The van der Waals surface area contributed by atoms with Crippen molar-refractivity contribution in [3.63, 3.8) is 0 Å². The van der Waals surface area contributed by atoms with E-state index in [2.05, 4.69) is 0 Å². The highest BCUT2D eigenvalue weighted by Gasteiger charge is 2.20. The van der Waals surface area contributed by atoms with Crippen LogP contribution in [0.5, 0.6) is 0 Å². The van der Waals surface area contributed by atoms with Crippen LogP contribution in [0.3, 0.4) is 0 Å². The maximum Gasteiger partial charge on any atom is 0.246 e. The number of halogens is 3. The molecule has 0 bridgehead atoms. The molecule has 1 aliphatic rings. The fraction of sp³-hybridized carbons (Fsp3) is 0.400. The summed E-state index contributed by atoms with van der Waals surface area (Å²) >= 11 is 12.0. The van der Waals surface area contributed by atoms with Crippen molar-refractivity contribution in [2.75, 3.05) is 19.6 Å². The van der Waals surface area contributed by atoms with Crippen LogP contribution < -0.4 is 5.73 Å². The molecule has 1 fully saturated rings. The standard InChI is InChI=1S/C15H18Cl2N2O.ClH/c16-13-3-1-2-12(15(13)17)4-5-14(20)19-8-6-11(10-18)7-9-19;/h1-5,11H,6-10,18H2;1H. The van der Waals surface area contributed by atoms with Gasteiger partial charge in [-0.05, 0) is 43.0 Å². The van der Waals surface area contributed by atoms with Crippen molar-refractivity contribution >= 4 is 47.6 Å². The quantitative estimate of drug-likeness (QED) is 0.847. The van der Waals surface area contributed by atoms with Crippen molar-refractivity contribution in [3.05, 3.63) is 39.9 Å². The normalized spacial score (nSPS) is 16.0. The molecule has 2 N–H and O–H groups in total. The molecule has 3 nitrogen and oxygen atoms in total. The number of likely N-dealkylation sites (tertiary alicyclic amines) is 1. The van der Waals surface area contributed by atoms with Crippen LogP contribution >= 0.6 is 35.6 Å². The minimum absolute atomic E-state index is 0. The van der Waals surface area contributed by atoms with E-state index in [1.807, 2.05) is 17.0 Å². The van der Waals surface area contributed by atoms with E-state index in [4.69, 9.17) is 28.9 Å². The average Bonchev–Trinajstić information content (AvgIpc) is 2.48. The molecule has 0 unspecified atom stereocenters. The second-order valence-corrected chi connectivity index (χ2v) is 5.77. The molecule has 6 heteroatoms.